The van der Waals surface area contributed by atoms with E-state index in [2.05, 4.69) is 93.7 Å². The Labute approximate surface area is 516 Å². The van der Waals surface area contributed by atoms with Crippen molar-refractivity contribution in [1.82, 2.24) is 0 Å². The van der Waals surface area contributed by atoms with Gasteiger partial charge in [0, 0.05) is 19.3 Å². The number of carbonyl (C=O) groups excluding carboxylic acids is 3. The van der Waals surface area contributed by atoms with Crippen LogP contribution >= 0.6 is 0 Å². The van der Waals surface area contributed by atoms with E-state index < -0.39 is 6.10 Å². The molecule has 0 aromatic rings. The van der Waals surface area contributed by atoms with E-state index in [1.54, 1.807) is 0 Å². The summed E-state index contributed by atoms with van der Waals surface area (Å²) >= 11 is 0. The summed E-state index contributed by atoms with van der Waals surface area (Å²) in [4.78, 5) is 38.4. The second kappa shape index (κ2) is 71.3. The molecule has 1 atom stereocenters. The van der Waals surface area contributed by atoms with E-state index in [1.807, 2.05) is 0 Å². The smallest absolute Gasteiger partial charge is 0.306 e. The van der Waals surface area contributed by atoms with Gasteiger partial charge in [0.1, 0.15) is 13.2 Å². The molecular formula is C77H138O6. The number of hydrogen-bond donors (Lipinski definition) is 0. The first-order chi connectivity index (χ1) is 41.0. The minimum atomic E-state index is -0.782. The third-order valence-corrected chi connectivity index (χ3v) is 16.2. The topological polar surface area (TPSA) is 78.9 Å². The number of rotatable bonds is 67. The first kappa shape index (κ1) is 79.8. The number of ether oxygens (including phenoxy) is 3. The van der Waals surface area contributed by atoms with Crippen molar-refractivity contribution < 1.29 is 28.6 Å². The monoisotopic (exact) mass is 1160 g/mol. The van der Waals surface area contributed by atoms with Crippen LogP contribution in [0.25, 0.3) is 0 Å². The highest BCUT2D eigenvalue weighted by atomic mass is 16.6. The fraction of sp³-hybridized carbons (Fsp3) is 0.805. The molecule has 1 unspecified atom stereocenters. The zero-order valence-electron chi connectivity index (χ0n) is 55.5. The third-order valence-electron chi connectivity index (χ3n) is 16.2. The summed E-state index contributed by atoms with van der Waals surface area (Å²) < 4.78 is 17.0. The van der Waals surface area contributed by atoms with Gasteiger partial charge in [-0.1, -0.05) is 325 Å². The summed E-state index contributed by atoms with van der Waals surface area (Å²) in [7, 11) is 0. The maximum Gasteiger partial charge on any atom is 0.306 e. The average Bonchev–Trinajstić information content (AvgIpc) is 3.49. The molecule has 0 fully saturated rings. The molecule has 0 spiro atoms. The van der Waals surface area contributed by atoms with E-state index in [4.69, 9.17) is 14.2 Å². The van der Waals surface area contributed by atoms with Crippen LogP contribution in [0.3, 0.4) is 0 Å². The fourth-order valence-electron chi connectivity index (χ4n) is 10.7. The van der Waals surface area contributed by atoms with E-state index in [0.29, 0.717) is 19.3 Å². The van der Waals surface area contributed by atoms with Gasteiger partial charge in [0.25, 0.3) is 0 Å². The highest BCUT2D eigenvalue weighted by molar-refractivity contribution is 5.71. The molecule has 0 aliphatic rings. The third kappa shape index (κ3) is 69.5. The predicted octanol–water partition coefficient (Wildman–Crippen LogP) is 25.2. The lowest BCUT2D eigenvalue weighted by Gasteiger charge is -2.18. The maximum absolute atomic E-state index is 12.9. The molecule has 0 saturated heterocycles. The maximum atomic E-state index is 12.9. The van der Waals surface area contributed by atoms with Gasteiger partial charge in [0.15, 0.2) is 6.10 Å². The number of carbonyl (C=O) groups is 3. The summed E-state index contributed by atoms with van der Waals surface area (Å²) in [5.74, 6) is -0.870. The van der Waals surface area contributed by atoms with Crippen molar-refractivity contribution in [2.75, 3.05) is 13.2 Å². The van der Waals surface area contributed by atoms with Crippen LogP contribution in [0.15, 0.2) is 72.9 Å². The summed E-state index contributed by atoms with van der Waals surface area (Å²) in [6.45, 7) is 6.57. The first-order valence-electron chi connectivity index (χ1n) is 36.4. The molecule has 0 radical (unpaired) electrons. The normalized spacial score (nSPS) is 12.5. The average molecular weight is 1160 g/mol. The first-order valence-corrected chi connectivity index (χ1v) is 36.4. The second-order valence-electron chi connectivity index (χ2n) is 24.5. The molecular weight excluding hydrogens is 1020 g/mol. The number of unbranched alkanes of at least 4 members (excludes halogenated alkanes) is 44. The van der Waals surface area contributed by atoms with Gasteiger partial charge < -0.3 is 14.2 Å². The van der Waals surface area contributed by atoms with Crippen molar-refractivity contribution in [3.05, 3.63) is 72.9 Å². The van der Waals surface area contributed by atoms with E-state index >= 15 is 0 Å². The molecule has 0 N–H and O–H groups in total. The van der Waals surface area contributed by atoms with Crippen LogP contribution in [0.4, 0.5) is 0 Å². The number of hydrogen-bond acceptors (Lipinski definition) is 6. The summed E-state index contributed by atoms with van der Waals surface area (Å²) in [5.41, 5.74) is 0. The molecule has 0 rings (SSSR count). The zero-order chi connectivity index (χ0) is 59.9. The molecule has 482 valence electrons. The van der Waals surface area contributed by atoms with Gasteiger partial charge in [-0.2, -0.15) is 0 Å². The molecule has 0 bridgehead atoms. The van der Waals surface area contributed by atoms with Crippen LogP contribution < -0.4 is 0 Å². The highest BCUT2D eigenvalue weighted by Gasteiger charge is 2.19. The second-order valence-corrected chi connectivity index (χ2v) is 24.5. The van der Waals surface area contributed by atoms with Crippen LogP contribution in [-0.4, -0.2) is 37.2 Å². The van der Waals surface area contributed by atoms with E-state index in [0.717, 1.165) is 96.3 Å². The molecule has 0 aliphatic carbocycles. The molecule has 0 aromatic carbocycles. The van der Waals surface area contributed by atoms with Crippen LogP contribution in [-0.2, 0) is 28.6 Å². The fourth-order valence-corrected chi connectivity index (χ4v) is 10.7. The summed E-state index contributed by atoms with van der Waals surface area (Å²) in [6, 6.07) is 0. The largest absolute Gasteiger partial charge is 0.462 e. The van der Waals surface area contributed by atoms with Crippen molar-refractivity contribution in [3.63, 3.8) is 0 Å². The molecule has 0 aliphatic heterocycles. The Morgan fingerprint density at radius 1 is 0.253 bits per heavy atom. The van der Waals surface area contributed by atoms with Gasteiger partial charge in [-0.05, 0) is 109 Å². The lowest BCUT2D eigenvalue weighted by Crippen LogP contribution is -2.30. The van der Waals surface area contributed by atoms with Gasteiger partial charge in [-0.3, -0.25) is 14.4 Å². The van der Waals surface area contributed by atoms with Crippen LogP contribution in [0.5, 0.6) is 0 Å². The van der Waals surface area contributed by atoms with Gasteiger partial charge in [-0.15, -0.1) is 0 Å². The Morgan fingerprint density at radius 2 is 0.470 bits per heavy atom. The van der Waals surface area contributed by atoms with Crippen molar-refractivity contribution in [2.24, 2.45) is 0 Å². The lowest BCUT2D eigenvalue weighted by molar-refractivity contribution is -0.167. The Hall–Kier alpha value is -3.15. The Balaban J connectivity index is 4.17. The number of esters is 3. The van der Waals surface area contributed by atoms with E-state index in [9.17, 15) is 14.4 Å². The van der Waals surface area contributed by atoms with Gasteiger partial charge >= 0.3 is 17.9 Å². The van der Waals surface area contributed by atoms with Crippen LogP contribution in [0.1, 0.15) is 380 Å². The van der Waals surface area contributed by atoms with Crippen molar-refractivity contribution in [1.29, 1.82) is 0 Å². The van der Waals surface area contributed by atoms with Crippen LogP contribution in [0.2, 0.25) is 0 Å². The van der Waals surface area contributed by atoms with Crippen molar-refractivity contribution >= 4 is 17.9 Å². The molecule has 6 heteroatoms. The quantitative estimate of drug-likeness (QED) is 0.0261. The molecule has 0 amide bonds. The highest BCUT2D eigenvalue weighted by Crippen LogP contribution is 2.18. The zero-order valence-corrected chi connectivity index (χ0v) is 55.5. The van der Waals surface area contributed by atoms with E-state index in [1.165, 1.54) is 244 Å². The molecule has 0 saturated carbocycles. The lowest BCUT2D eigenvalue weighted by atomic mass is 10.0. The standard InChI is InChI=1S/C77H138O6/c1-4-7-10-13-16-19-22-25-28-31-32-33-34-35-36-37-38-39-40-41-42-43-44-45-46-47-50-52-55-58-61-64-67-70-76(79)82-73-74(83-77(80)71-68-65-62-59-56-53-49-30-27-24-21-18-15-12-9-6-3)72-81-75(78)69-66-63-60-57-54-51-48-29-26-23-20-17-14-11-8-5-2/h7,10,16,19,25,28-30,32-33,48-49,74H,4-6,8-9,11-15,17-18,20-24,26-27,31,34-47,50-73H2,1-3H3/b10-7-,19-16-,28-25-,33-32-,48-29-,49-30-. The van der Waals surface area contributed by atoms with Crippen LogP contribution in [0, 0.1) is 0 Å². The molecule has 0 heterocycles. The molecule has 6 nitrogen and oxygen atoms in total. The van der Waals surface area contributed by atoms with Gasteiger partial charge in [-0.25, -0.2) is 0 Å². The van der Waals surface area contributed by atoms with Crippen molar-refractivity contribution in [3.8, 4) is 0 Å². The summed E-state index contributed by atoms with van der Waals surface area (Å²) in [5, 5.41) is 0. The SMILES string of the molecule is CC/C=C\C/C=C\C/C=C\C/C=C\CCCCCCCCCCCCCCCCCCCCCCC(=O)OCC(COC(=O)CCCCCCC/C=C\CCCCCCCCC)OC(=O)CCCCCCC/C=C\CCCCCCCCC. The summed E-state index contributed by atoms with van der Waals surface area (Å²) in [6.07, 6.45) is 93.7. The van der Waals surface area contributed by atoms with Gasteiger partial charge in [0.05, 0.1) is 0 Å². The van der Waals surface area contributed by atoms with Gasteiger partial charge in [0.2, 0.25) is 0 Å². The van der Waals surface area contributed by atoms with Crippen molar-refractivity contribution in [2.45, 2.75) is 386 Å². The number of allylic oxidation sites excluding steroid dienone is 12. The Morgan fingerprint density at radius 3 is 0.747 bits per heavy atom. The molecule has 83 heavy (non-hydrogen) atoms. The Bertz CT molecular complexity index is 1520. The van der Waals surface area contributed by atoms with E-state index in [-0.39, 0.29) is 31.1 Å². The minimum absolute atomic E-state index is 0.0763. The minimum Gasteiger partial charge on any atom is -0.462 e. The Kier molecular flexibility index (Phi) is 68.6. The predicted molar refractivity (Wildman–Crippen MR) is 362 cm³/mol. The molecule has 0 aromatic heterocycles.